The number of aryl methyl sites for hydroxylation is 2. The molecule has 0 aliphatic carbocycles. The highest BCUT2D eigenvalue weighted by Crippen LogP contribution is 2.06. The molecule has 3 heteroatoms. The van der Waals surface area contributed by atoms with E-state index in [2.05, 4.69) is 17.3 Å². The highest BCUT2D eigenvalue weighted by atomic mass is 15.3. The van der Waals surface area contributed by atoms with Crippen LogP contribution in [0.4, 0.5) is 5.82 Å². The summed E-state index contributed by atoms with van der Waals surface area (Å²) in [6, 6.07) is 2.03. The van der Waals surface area contributed by atoms with E-state index >= 15 is 0 Å². The lowest BCUT2D eigenvalue weighted by Gasteiger charge is -2.00. The van der Waals surface area contributed by atoms with Crippen molar-refractivity contribution in [2.45, 2.75) is 41.5 Å². The summed E-state index contributed by atoms with van der Waals surface area (Å²) in [6.45, 7) is 13.0. The largest absolute Gasteiger partial charge is 0.371 e. The Kier molecular flexibility index (Phi) is 11.2. The SMILES string of the molecule is CC.CC.CCNc1cc(C)nn1C. The Bertz CT molecular complexity index is 216. The van der Waals surface area contributed by atoms with Crippen molar-refractivity contribution in [1.29, 1.82) is 0 Å². The van der Waals surface area contributed by atoms with E-state index in [1.807, 2.05) is 52.4 Å². The van der Waals surface area contributed by atoms with Gasteiger partial charge in [0.05, 0.1) is 5.69 Å². The van der Waals surface area contributed by atoms with Crippen molar-refractivity contribution in [3.05, 3.63) is 11.8 Å². The second-order valence-corrected chi connectivity index (χ2v) is 2.32. The van der Waals surface area contributed by atoms with E-state index in [1.165, 1.54) is 0 Å². The number of nitrogens with one attached hydrogen (secondary N) is 1. The van der Waals surface area contributed by atoms with Crippen molar-refractivity contribution < 1.29 is 0 Å². The fraction of sp³-hybridized carbons (Fsp3) is 0.727. The Morgan fingerprint density at radius 2 is 1.79 bits per heavy atom. The second-order valence-electron chi connectivity index (χ2n) is 2.32. The Morgan fingerprint density at radius 1 is 1.29 bits per heavy atom. The zero-order valence-corrected chi connectivity index (χ0v) is 10.7. The fourth-order valence-corrected chi connectivity index (χ4v) is 0.957. The Balaban J connectivity index is 0. The van der Waals surface area contributed by atoms with E-state index in [4.69, 9.17) is 0 Å². The highest BCUT2D eigenvalue weighted by molar-refractivity contribution is 5.36. The first-order chi connectivity index (χ1) is 6.74. The lowest BCUT2D eigenvalue weighted by atomic mass is 10.5. The first-order valence-corrected chi connectivity index (χ1v) is 5.48. The van der Waals surface area contributed by atoms with E-state index in [0.717, 1.165) is 18.1 Å². The lowest BCUT2D eigenvalue weighted by molar-refractivity contribution is 0.760. The Labute approximate surface area is 88.5 Å². The van der Waals surface area contributed by atoms with Crippen molar-refractivity contribution in [2.75, 3.05) is 11.9 Å². The van der Waals surface area contributed by atoms with Crippen LogP contribution >= 0.6 is 0 Å². The lowest BCUT2D eigenvalue weighted by Crippen LogP contribution is -2.02. The number of nitrogens with zero attached hydrogens (tertiary/aromatic N) is 2. The molecule has 1 heterocycles. The van der Waals surface area contributed by atoms with E-state index in [0.29, 0.717) is 0 Å². The molecule has 3 nitrogen and oxygen atoms in total. The molecule has 0 unspecified atom stereocenters. The minimum Gasteiger partial charge on any atom is -0.371 e. The predicted octanol–water partition coefficient (Wildman–Crippen LogP) is 3.21. The average Bonchev–Trinajstić information content (AvgIpc) is 2.53. The van der Waals surface area contributed by atoms with Crippen LogP contribution in [0.15, 0.2) is 6.07 Å². The molecule has 1 aromatic rings. The number of hydrogen-bond acceptors (Lipinski definition) is 2. The third kappa shape index (κ3) is 5.62. The molecule has 0 aliphatic rings. The van der Waals surface area contributed by atoms with E-state index in [-0.39, 0.29) is 0 Å². The predicted molar refractivity (Wildman–Crippen MR) is 64.8 cm³/mol. The summed E-state index contributed by atoms with van der Waals surface area (Å²) in [5.74, 6) is 1.08. The first kappa shape index (κ1) is 15.5. The van der Waals surface area contributed by atoms with Crippen LogP contribution in [0, 0.1) is 6.92 Å². The van der Waals surface area contributed by atoms with Crippen LogP contribution in [-0.2, 0) is 7.05 Å². The summed E-state index contributed by atoms with van der Waals surface area (Å²) in [5, 5.41) is 7.38. The molecule has 0 atom stereocenters. The van der Waals surface area contributed by atoms with Crippen LogP contribution in [0.25, 0.3) is 0 Å². The molecule has 14 heavy (non-hydrogen) atoms. The van der Waals surface area contributed by atoms with Gasteiger partial charge in [-0.15, -0.1) is 0 Å². The molecule has 1 N–H and O–H groups in total. The molecule has 0 saturated carbocycles. The molecular weight excluding hydrogens is 174 g/mol. The molecule has 84 valence electrons. The van der Waals surface area contributed by atoms with Gasteiger partial charge in [-0.2, -0.15) is 5.10 Å². The highest BCUT2D eigenvalue weighted by Gasteiger charge is 1.97. The van der Waals surface area contributed by atoms with Gasteiger partial charge in [0.1, 0.15) is 5.82 Å². The van der Waals surface area contributed by atoms with Gasteiger partial charge in [0.15, 0.2) is 0 Å². The maximum atomic E-state index is 4.18. The van der Waals surface area contributed by atoms with Gasteiger partial charge < -0.3 is 5.32 Å². The monoisotopic (exact) mass is 199 g/mol. The molecule has 0 bridgehead atoms. The van der Waals surface area contributed by atoms with Crippen LogP contribution < -0.4 is 5.32 Å². The second kappa shape index (κ2) is 10.1. The molecule has 0 fully saturated rings. The molecule has 0 amide bonds. The van der Waals surface area contributed by atoms with Crippen LogP contribution in [0.2, 0.25) is 0 Å². The smallest absolute Gasteiger partial charge is 0.124 e. The molecule has 0 aromatic carbocycles. The minimum atomic E-state index is 0.943. The van der Waals surface area contributed by atoms with Crippen molar-refractivity contribution in [1.82, 2.24) is 9.78 Å². The van der Waals surface area contributed by atoms with E-state index in [9.17, 15) is 0 Å². The maximum absolute atomic E-state index is 4.18. The summed E-state index contributed by atoms with van der Waals surface area (Å²) < 4.78 is 1.85. The quantitative estimate of drug-likeness (QED) is 0.792. The van der Waals surface area contributed by atoms with Crippen molar-refractivity contribution in [3.8, 4) is 0 Å². The standard InChI is InChI=1S/C7H13N3.2C2H6/c1-4-8-7-5-6(2)9-10(7)3;2*1-2/h5,8H,4H2,1-3H3;2*1-2H3. The number of hydrogen-bond donors (Lipinski definition) is 1. The Hall–Kier alpha value is -0.990. The Morgan fingerprint density at radius 3 is 2.07 bits per heavy atom. The van der Waals surface area contributed by atoms with Gasteiger partial charge in [0.2, 0.25) is 0 Å². The zero-order chi connectivity index (χ0) is 11.6. The third-order valence-corrected chi connectivity index (χ3v) is 1.36. The zero-order valence-electron chi connectivity index (χ0n) is 10.7. The minimum absolute atomic E-state index is 0.943. The van der Waals surface area contributed by atoms with Gasteiger partial charge in [0, 0.05) is 19.7 Å². The number of anilines is 1. The van der Waals surface area contributed by atoms with Gasteiger partial charge in [-0.1, -0.05) is 27.7 Å². The molecule has 0 spiro atoms. The van der Waals surface area contributed by atoms with Crippen molar-refractivity contribution in [2.24, 2.45) is 7.05 Å². The maximum Gasteiger partial charge on any atom is 0.124 e. The first-order valence-electron chi connectivity index (χ1n) is 5.48. The molecular formula is C11H25N3. The van der Waals surface area contributed by atoms with Gasteiger partial charge in [-0.3, -0.25) is 4.68 Å². The summed E-state index contributed by atoms with van der Waals surface area (Å²) in [7, 11) is 1.94. The number of rotatable bonds is 2. The van der Waals surface area contributed by atoms with Crippen LogP contribution in [0.1, 0.15) is 40.3 Å². The molecule has 0 saturated heterocycles. The number of aromatic nitrogens is 2. The van der Waals surface area contributed by atoms with E-state index < -0.39 is 0 Å². The summed E-state index contributed by atoms with van der Waals surface area (Å²) >= 11 is 0. The third-order valence-electron chi connectivity index (χ3n) is 1.36. The molecule has 0 aliphatic heterocycles. The van der Waals surface area contributed by atoms with Gasteiger partial charge in [-0.05, 0) is 13.8 Å². The van der Waals surface area contributed by atoms with E-state index in [1.54, 1.807) is 0 Å². The summed E-state index contributed by atoms with van der Waals surface area (Å²) in [6.07, 6.45) is 0. The average molecular weight is 199 g/mol. The molecule has 1 rings (SSSR count). The van der Waals surface area contributed by atoms with Crippen molar-refractivity contribution in [3.63, 3.8) is 0 Å². The van der Waals surface area contributed by atoms with Crippen LogP contribution in [0.5, 0.6) is 0 Å². The van der Waals surface area contributed by atoms with Gasteiger partial charge in [-0.25, -0.2) is 0 Å². The summed E-state index contributed by atoms with van der Waals surface area (Å²) in [4.78, 5) is 0. The molecule has 0 radical (unpaired) electrons. The topological polar surface area (TPSA) is 29.9 Å². The van der Waals surface area contributed by atoms with Gasteiger partial charge >= 0.3 is 0 Å². The fourth-order valence-electron chi connectivity index (χ4n) is 0.957. The van der Waals surface area contributed by atoms with Crippen LogP contribution in [-0.4, -0.2) is 16.3 Å². The van der Waals surface area contributed by atoms with Crippen LogP contribution in [0.3, 0.4) is 0 Å². The molecule has 1 aromatic heterocycles. The van der Waals surface area contributed by atoms with Gasteiger partial charge in [0.25, 0.3) is 0 Å². The van der Waals surface area contributed by atoms with Crippen molar-refractivity contribution >= 4 is 5.82 Å². The summed E-state index contributed by atoms with van der Waals surface area (Å²) in [5.41, 5.74) is 1.05. The normalized spacial score (nSPS) is 7.93.